The molecule has 0 bridgehead atoms. The SMILES string of the molecule is CC(C)C(CNC1(CN)CC(C)(C)OC1(C)C)C(C)C. The van der Waals surface area contributed by atoms with Crippen LogP contribution in [0.1, 0.15) is 61.8 Å². The van der Waals surface area contributed by atoms with Gasteiger partial charge >= 0.3 is 0 Å². The van der Waals surface area contributed by atoms with Crippen molar-refractivity contribution in [1.82, 2.24) is 5.32 Å². The molecule has 0 aliphatic carbocycles. The normalized spacial score (nSPS) is 28.8. The molecule has 0 aromatic rings. The van der Waals surface area contributed by atoms with Gasteiger partial charge in [0.15, 0.2) is 0 Å². The molecule has 0 saturated carbocycles. The first kappa shape index (κ1) is 17.9. The van der Waals surface area contributed by atoms with E-state index in [2.05, 4.69) is 60.7 Å². The van der Waals surface area contributed by atoms with Crippen LogP contribution in [0.25, 0.3) is 0 Å². The zero-order valence-electron chi connectivity index (χ0n) is 14.8. The van der Waals surface area contributed by atoms with Crippen molar-refractivity contribution in [2.75, 3.05) is 13.1 Å². The molecule has 1 saturated heterocycles. The quantitative estimate of drug-likeness (QED) is 0.787. The van der Waals surface area contributed by atoms with E-state index in [1.54, 1.807) is 0 Å². The Morgan fingerprint density at radius 1 is 1.05 bits per heavy atom. The Bertz CT molecular complexity index is 315. The monoisotopic (exact) mass is 284 g/mol. The molecule has 1 unspecified atom stereocenters. The van der Waals surface area contributed by atoms with Crippen LogP contribution in [0.5, 0.6) is 0 Å². The first-order valence-corrected chi connectivity index (χ1v) is 8.12. The summed E-state index contributed by atoms with van der Waals surface area (Å²) in [7, 11) is 0. The minimum Gasteiger partial charge on any atom is -0.368 e. The number of hydrogen-bond acceptors (Lipinski definition) is 3. The average Bonchev–Trinajstić information content (AvgIpc) is 2.42. The average molecular weight is 284 g/mol. The van der Waals surface area contributed by atoms with Crippen LogP contribution in [0.3, 0.4) is 0 Å². The van der Waals surface area contributed by atoms with Gasteiger partial charge in [-0.05, 0) is 58.4 Å². The van der Waals surface area contributed by atoms with Crippen LogP contribution in [0.15, 0.2) is 0 Å². The van der Waals surface area contributed by atoms with Gasteiger partial charge in [0.25, 0.3) is 0 Å². The maximum atomic E-state index is 6.25. The summed E-state index contributed by atoms with van der Waals surface area (Å²) in [6.07, 6.45) is 0.965. The van der Waals surface area contributed by atoms with E-state index in [0.29, 0.717) is 24.3 Å². The lowest BCUT2D eigenvalue weighted by atomic mass is 9.77. The summed E-state index contributed by atoms with van der Waals surface area (Å²) in [5, 5.41) is 3.80. The van der Waals surface area contributed by atoms with E-state index < -0.39 is 0 Å². The molecule has 120 valence electrons. The molecule has 0 aromatic heterocycles. The second-order valence-electron chi connectivity index (χ2n) is 8.37. The zero-order chi connectivity index (χ0) is 15.8. The van der Waals surface area contributed by atoms with Crippen LogP contribution in [-0.2, 0) is 4.74 Å². The summed E-state index contributed by atoms with van der Waals surface area (Å²) >= 11 is 0. The maximum absolute atomic E-state index is 6.25. The molecule has 1 heterocycles. The van der Waals surface area contributed by atoms with E-state index in [0.717, 1.165) is 13.0 Å². The lowest BCUT2D eigenvalue weighted by molar-refractivity contribution is -0.0826. The Morgan fingerprint density at radius 2 is 1.55 bits per heavy atom. The van der Waals surface area contributed by atoms with E-state index in [4.69, 9.17) is 10.5 Å². The number of nitrogens with two attached hydrogens (primary N) is 1. The van der Waals surface area contributed by atoms with Gasteiger partial charge in [-0.3, -0.25) is 0 Å². The van der Waals surface area contributed by atoms with Crippen LogP contribution in [0.4, 0.5) is 0 Å². The van der Waals surface area contributed by atoms with Crippen molar-refractivity contribution in [3.8, 4) is 0 Å². The molecule has 0 radical (unpaired) electrons. The summed E-state index contributed by atoms with van der Waals surface area (Å²) < 4.78 is 6.25. The van der Waals surface area contributed by atoms with Gasteiger partial charge in [0.1, 0.15) is 0 Å². The molecule has 0 amide bonds. The first-order chi connectivity index (χ1) is 8.96. The molecule has 3 heteroatoms. The second-order valence-corrected chi connectivity index (χ2v) is 8.37. The fraction of sp³-hybridized carbons (Fsp3) is 1.00. The van der Waals surface area contributed by atoms with Crippen molar-refractivity contribution < 1.29 is 4.74 Å². The molecule has 3 nitrogen and oxygen atoms in total. The fourth-order valence-electron chi connectivity index (χ4n) is 3.98. The molecule has 3 N–H and O–H groups in total. The molecule has 1 aliphatic rings. The van der Waals surface area contributed by atoms with Crippen molar-refractivity contribution in [3.05, 3.63) is 0 Å². The van der Waals surface area contributed by atoms with Gasteiger partial charge in [0.05, 0.1) is 16.7 Å². The van der Waals surface area contributed by atoms with Crippen molar-refractivity contribution in [1.29, 1.82) is 0 Å². The molecule has 1 rings (SSSR count). The highest BCUT2D eigenvalue weighted by Crippen LogP contribution is 2.44. The lowest BCUT2D eigenvalue weighted by Crippen LogP contribution is -2.63. The smallest absolute Gasteiger partial charge is 0.0827 e. The number of rotatable bonds is 6. The minimum atomic E-state index is -0.232. The summed E-state index contributed by atoms with van der Waals surface area (Å²) in [5.74, 6) is 2.02. The van der Waals surface area contributed by atoms with E-state index in [-0.39, 0.29) is 16.7 Å². The van der Waals surface area contributed by atoms with Gasteiger partial charge in [0, 0.05) is 6.54 Å². The van der Waals surface area contributed by atoms with Crippen LogP contribution in [-0.4, -0.2) is 29.8 Å². The molecular formula is C17H36N2O. The highest BCUT2D eigenvalue weighted by atomic mass is 16.5. The Labute approximate surface area is 126 Å². The first-order valence-electron chi connectivity index (χ1n) is 8.12. The molecule has 0 spiro atoms. The third-order valence-corrected chi connectivity index (χ3v) is 5.15. The van der Waals surface area contributed by atoms with Crippen molar-refractivity contribution >= 4 is 0 Å². The Balaban J connectivity index is 2.86. The maximum Gasteiger partial charge on any atom is 0.0827 e. The standard InChI is InChI=1S/C17H36N2O/c1-12(2)14(13(3)4)9-19-17(11-18)10-15(5,6)20-16(17,7)8/h12-14,19H,9-11,18H2,1-8H3. The van der Waals surface area contributed by atoms with E-state index in [1.807, 2.05) is 0 Å². The molecule has 1 aliphatic heterocycles. The highest BCUT2D eigenvalue weighted by molar-refractivity contribution is 5.12. The van der Waals surface area contributed by atoms with Crippen molar-refractivity contribution in [2.24, 2.45) is 23.5 Å². The summed E-state index contributed by atoms with van der Waals surface area (Å²) in [6, 6.07) is 0. The van der Waals surface area contributed by atoms with Gasteiger partial charge in [0.2, 0.25) is 0 Å². The zero-order valence-corrected chi connectivity index (χ0v) is 14.8. The van der Waals surface area contributed by atoms with Crippen LogP contribution in [0.2, 0.25) is 0 Å². The summed E-state index contributed by atoms with van der Waals surface area (Å²) in [4.78, 5) is 0. The number of hydrogen-bond donors (Lipinski definition) is 2. The van der Waals surface area contributed by atoms with Gasteiger partial charge in [-0.2, -0.15) is 0 Å². The van der Waals surface area contributed by atoms with Crippen LogP contribution in [0, 0.1) is 17.8 Å². The predicted molar refractivity (Wildman–Crippen MR) is 86.8 cm³/mol. The van der Waals surface area contributed by atoms with Crippen LogP contribution >= 0.6 is 0 Å². The minimum absolute atomic E-state index is 0.110. The molecule has 1 fully saturated rings. The number of nitrogens with one attached hydrogen (secondary N) is 1. The van der Waals surface area contributed by atoms with Crippen LogP contribution < -0.4 is 11.1 Å². The predicted octanol–water partition coefficient (Wildman–Crippen LogP) is 3.18. The van der Waals surface area contributed by atoms with Gasteiger partial charge in [-0.15, -0.1) is 0 Å². The van der Waals surface area contributed by atoms with E-state index >= 15 is 0 Å². The van der Waals surface area contributed by atoms with Crippen molar-refractivity contribution in [3.63, 3.8) is 0 Å². The molecular weight excluding hydrogens is 248 g/mol. The van der Waals surface area contributed by atoms with E-state index in [9.17, 15) is 0 Å². The van der Waals surface area contributed by atoms with E-state index in [1.165, 1.54) is 0 Å². The third kappa shape index (κ3) is 3.55. The van der Waals surface area contributed by atoms with Gasteiger partial charge in [-0.1, -0.05) is 27.7 Å². The van der Waals surface area contributed by atoms with Gasteiger partial charge in [-0.25, -0.2) is 0 Å². The topological polar surface area (TPSA) is 47.3 Å². The number of ether oxygens (including phenoxy) is 1. The van der Waals surface area contributed by atoms with Crippen molar-refractivity contribution in [2.45, 2.75) is 78.6 Å². The second kappa shape index (κ2) is 5.94. The highest BCUT2D eigenvalue weighted by Gasteiger charge is 2.56. The third-order valence-electron chi connectivity index (χ3n) is 5.15. The fourth-order valence-corrected chi connectivity index (χ4v) is 3.98. The summed E-state index contributed by atoms with van der Waals surface area (Å²) in [6.45, 7) is 19.5. The molecule has 1 atom stereocenters. The Kier molecular flexibility index (Phi) is 5.32. The largest absolute Gasteiger partial charge is 0.368 e. The summed E-state index contributed by atoms with van der Waals surface area (Å²) in [5.41, 5.74) is 5.69. The lowest BCUT2D eigenvalue weighted by Gasteiger charge is -2.41. The Hall–Kier alpha value is -0.120. The molecule has 20 heavy (non-hydrogen) atoms. The Morgan fingerprint density at radius 3 is 1.85 bits per heavy atom. The van der Waals surface area contributed by atoms with Gasteiger partial charge < -0.3 is 15.8 Å². The molecule has 0 aromatic carbocycles.